The van der Waals surface area contributed by atoms with Gasteiger partial charge in [0, 0.05) is 23.3 Å². The lowest BCUT2D eigenvalue weighted by Gasteiger charge is -2.33. The fourth-order valence-electron chi connectivity index (χ4n) is 4.03. The maximum absolute atomic E-state index is 13.2. The zero-order valence-corrected chi connectivity index (χ0v) is 19.8. The van der Waals surface area contributed by atoms with E-state index in [0.29, 0.717) is 31.4 Å². The number of carbonyl (C=O) groups excluding carboxylic acids is 2. The lowest BCUT2D eigenvalue weighted by Crippen LogP contribution is -2.41. The summed E-state index contributed by atoms with van der Waals surface area (Å²) < 4.78 is 1.27. The number of fused-ring (bicyclic) bond motifs is 1. The van der Waals surface area contributed by atoms with Gasteiger partial charge in [-0.25, -0.2) is 4.98 Å². The normalized spacial score (nSPS) is 16.4. The van der Waals surface area contributed by atoms with Gasteiger partial charge >= 0.3 is 0 Å². The summed E-state index contributed by atoms with van der Waals surface area (Å²) in [5, 5.41) is 3.70. The fourth-order valence-corrected chi connectivity index (χ4v) is 5.31. The second kappa shape index (κ2) is 9.03. The van der Waals surface area contributed by atoms with Crippen LogP contribution >= 0.6 is 22.9 Å². The van der Waals surface area contributed by atoms with Crippen molar-refractivity contribution in [1.82, 2.24) is 14.5 Å². The highest BCUT2D eigenvalue weighted by molar-refractivity contribution is 7.20. The number of halogens is 1. The Morgan fingerprint density at radius 2 is 2.06 bits per heavy atom. The Morgan fingerprint density at radius 3 is 2.78 bits per heavy atom. The van der Waals surface area contributed by atoms with Gasteiger partial charge in [0.05, 0.1) is 16.6 Å². The summed E-state index contributed by atoms with van der Waals surface area (Å²) in [6.45, 7) is 6.26. The first-order chi connectivity index (χ1) is 15.3. The largest absolute Gasteiger partial charge is 0.335 e. The molecule has 3 aromatic rings. The molecule has 3 heterocycles. The Kier molecular flexibility index (Phi) is 6.35. The van der Waals surface area contributed by atoms with Crippen LogP contribution in [0.25, 0.3) is 10.2 Å². The van der Waals surface area contributed by atoms with Gasteiger partial charge in [0.25, 0.3) is 11.5 Å². The first-order valence-electron chi connectivity index (χ1n) is 10.6. The predicted molar refractivity (Wildman–Crippen MR) is 128 cm³/mol. The van der Waals surface area contributed by atoms with Crippen LogP contribution in [0.15, 0.2) is 29.3 Å². The van der Waals surface area contributed by atoms with E-state index < -0.39 is 0 Å². The van der Waals surface area contributed by atoms with Crippen molar-refractivity contribution in [2.24, 2.45) is 0 Å². The number of amides is 2. The van der Waals surface area contributed by atoms with Crippen LogP contribution in [0.2, 0.25) is 5.02 Å². The number of carbonyl (C=O) groups is 2. The van der Waals surface area contributed by atoms with Gasteiger partial charge in [-0.15, -0.1) is 11.3 Å². The molecule has 0 unspecified atom stereocenters. The molecule has 1 N–H and O–H groups in total. The summed E-state index contributed by atoms with van der Waals surface area (Å²) in [4.78, 5) is 46.1. The van der Waals surface area contributed by atoms with Crippen molar-refractivity contribution in [2.75, 3.05) is 11.9 Å². The zero-order valence-electron chi connectivity index (χ0n) is 18.3. The van der Waals surface area contributed by atoms with Crippen LogP contribution in [0, 0.1) is 13.8 Å². The molecule has 1 fully saturated rings. The average Bonchev–Trinajstić information content (AvgIpc) is 3.10. The summed E-state index contributed by atoms with van der Waals surface area (Å²) in [6, 6.07) is 5.42. The number of hydrogen-bond acceptors (Lipinski definition) is 5. The van der Waals surface area contributed by atoms with Gasteiger partial charge in [-0.3, -0.25) is 19.0 Å². The van der Waals surface area contributed by atoms with Gasteiger partial charge in [0.2, 0.25) is 5.91 Å². The molecule has 1 aliphatic rings. The highest BCUT2D eigenvalue weighted by Crippen LogP contribution is 2.30. The monoisotopic (exact) mass is 472 g/mol. The van der Waals surface area contributed by atoms with E-state index in [1.165, 1.54) is 22.2 Å². The molecule has 4 rings (SSSR count). The maximum atomic E-state index is 13.2. The number of aromatic nitrogens is 2. The van der Waals surface area contributed by atoms with E-state index in [0.717, 1.165) is 31.4 Å². The third-order valence-electron chi connectivity index (χ3n) is 5.94. The third kappa shape index (κ3) is 4.29. The highest BCUT2D eigenvalue weighted by atomic mass is 35.5. The van der Waals surface area contributed by atoms with Crippen LogP contribution in [0.1, 0.15) is 47.0 Å². The molecule has 0 bridgehead atoms. The van der Waals surface area contributed by atoms with E-state index in [-0.39, 0.29) is 30.0 Å². The molecule has 0 saturated carbocycles. The van der Waals surface area contributed by atoms with Crippen molar-refractivity contribution in [3.8, 4) is 0 Å². The molecule has 0 radical (unpaired) electrons. The Labute approximate surface area is 195 Å². The molecule has 2 amide bonds. The maximum Gasteiger partial charge on any atom is 0.264 e. The number of thiophene rings is 1. The number of rotatable bonds is 4. The third-order valence-corrected chi connectivity index (χ3v) is 7.54. The van der Waals surface area contributed by atoms with Crippen molar-refractivity contribution in [3.63, 3.8) is 0 Å². The zero-order chi connectivity index (χ0) is 23.0. The molecule has 1 aromatic carbocycles. The van der Waals surface area contributed by atoms with Gasteiger partial charge in [0.1, 0.15) is 11.4 Å². The standard InChI is InChI=1S/C23H25ClN4O3S/c1-13-7-8-16(10-17(13)24)26-18(29)11-27-12-25-21-19(22(27)30)15(3)20(32-21)23(31)28-9-5-4-6-14(28)2/h7-8,10,12,14H,4-6,9,11H2,1-3H3,(H,26,29)/t14-/m1/s1. The van der Waals surface area contributed by atoms with Crippen LogP contribution in [-0.2, 0) is 11.3 Å². The van der Waals surface area contributed by atoms with Crippen LogP contribution in [0.3, 0.4) is 0 Å². The Morgan fingerprint density at radius 1 is 1.28 bits per heavy atom. The molecule has 32 heavy (non-hydrogen) atoms. The van der Waals surface area contributed by atoms with Gasteiger partial charge in [-0.2, -0.15) is 0 Å². The number of piperidine rings is 1. The van der Waals surface area contributed by atoms with E-state index in [4.69, 9.17) is 11.6 Å². The minimum Gasteiger partial charge on any atom is -0.335 e. The second-order valence-electron chi connectivity index (χ2n) is 8.27. The molecule has 1 atom stereocenters. The summed E-state index contributed by atoms with van der Waals surface area (Å²) >= 11 is 7.36. The smallest absolute Gasteiger partial charge is 0.264 e. The summed E-state index contributed by atoms with van der Waals surface area (Å²) in [5.41, 5.74) is 1.77. The van der Waals surface area contributed by atoms with Crippen molar-refractivity contribution in [2.45, 2.75) is 52.6 Å². The summed E-state index contributed by atoms with van der Waals surface area (Å²) in [7, 11) is 0. The molecule has 0 spiro atoms. The molecular formula is C23H25ClN4O3S. The number of benzene rings is 1. The van der Waals surface area contributed by atoms with Crippen LogP contribution in [0.4, 0.5) is 5.69 Å². The van der Waals surface area contributed by atoms with E-state index >= 15 is 0 Å². The first kappa shape index (κ1) is 22.5. The Bertz CT molecular complexity index is 1270. The van der Waals surface area contributed by atoms with Crippen molar-refractivity contribution in [1.29, 1.82) is 0 Å². The lowest BCUT2D eigenvalue weighted by molar-refractivity contribution is -0.116. The average molecular weight is 473 g/mol. The Hall–Kier alpha value is -2.71. The van der Waals surface area contributed by atoms with E-state index in [9.17, 15) is 14.4 Å². The number of hydrogen-bond donors (Lipinski definition) is 1. The van der Waals surface area contributed by atoms with Crippen LogP contribution < -0.4 is 10.9 Å². The van der Waals surface area contributed by atoms with Gasteiger partial charge < -0.3 is 10.2 Å². The molecule has 7 nitrogen and oxygen atoms in total. The minimum absolute atomic E-state index is 0.0438. The van der Waals surface area contributed by atoms with E-state index in [2.05, 4.69) is 17.2 Å². The van der Waals surface area contributed by atoms with E-state index in [1.54, 1.807) is 19.1 Å². The minimum atomic E-state index is -0.362. The number of nitrogens with one attached hydrogen (secondary N) is 1. The highest BCUT2D eigenvalue weighted by Gasteiger charge is 2.28. The van der Waals surface area contributed by atoms with Crippen LogP contribution in [-0.4, -0.2) is 38.9 Å². The lowest BCUT2D eigenvalue weighted by atomic mass is 10.0. The fraction of sp³-hybridized carbons (Fsp3) is 0.391. The summed E-state index contributed by atoms with van der Waals surface area (Å²) in [5.74, 6) is -0.405. The molecule has 9 heteroatoms. The number of anilines is 1. The molecule has 1 aliphatic heterocycles. The quantitative estimate of drug-likeness (QED) is 0.610. The number of likely N-dealkylation sites (tertiary alicyclic amines) is 1. The molecule has 168 valence electrons. The van der Waals surface area contributed by atoms with Gasteiger partial charge in [-0.05, 0) is 63.3 Å². The topological polar surface area (TPSA) is 84.3 Å². The Balaban J connectivity index is 1.59. The van der Waals surface area contributed by atoms with Crippen molar-refractivity contribution < 1.29 is 9.59 Å². The predicted octanol–water partition coefficient (Wildman–Crippen LogP) is 4.38. The first-order valence-corrected chi connectivity index (χ1v) is 11.8. The summed E-state index contributed by atoms with van der Waals surface area (Å²) in [6.07, 6.45) is 4.47. The van der Waals surface area contributed by atoms with Crippen molar-refractivity contribution in [3.05, 3.63) is 55.9 Å². The molecule has 0 aliphatic carbocycles. The number of aryl methyl sites for hydroxylation is 2. The molecule has 1 saturated heterocycles. The second-order valence-corrected chi connectivity index (χ2v) is 9.68. The molecular weight excluding hydrogens is 448 g/mol. The van der Waals surface area contributed by atoms with Gasteiger partial charge in [-0.1, -0.05) is 17.7 Å². The SMILES string of the molecule is Cc1ccc(NC(=O)Cn2cnc3sc(C(=O)N4CCCC[C@H]4C)c(C)c3c2=O)cc1Cl. The van der Waals surface area contributed by atoms with Crippen molar-refractivity contribution >= 4 is 50.7 Å². The van der Waals surface area contributed by atoms with Crippen LogP contribution in [0.5, 0.6) is 0 Å². The van der Waals surface area contributed by atoms with E-state index in [1.807, 2.05) is 17.9 Å². The number of nitrogens with zero attached hydrogens (tertiary/aromatic N) is 3. The van der Waals surface area contributed by atoms with Gasteiger partial charge in [0.15, 0.2) is 0 Å². The molecule has 2 aromatic heterocycles.